The maximum atomic E-state index is 5.94. The highest BCUT2D eigenvalue weighted by molar-refractivity contribution is 5.64. The van der Waals surface area contributed by atoms with E-state index in [0.717, 1.165) is 29.1 Å². The highest BCUT2D eigenvalue weighted by Gasteiger charge is 2.08. The molecule has 2 aromatic rings. The minimum absolute atomic E-state index is 0.526. The van der Waals surface area contributed by atoms with E-state index in [0.29, 0.717) is 11.8 Å². The molecule has 0 unspecified atom stereocenters. The summed E-state index contributed by atoms with van der Waals surface area (Å²) < 4.78 is 5.94. The predicted octanol–water partition coefficient (Wildman–Crippen LogP) is 3.56. The van der Waals surface area contributed by atoms with Crippen molar-refractivity contribution in [3.63, 3.8) is 0 Å². The van der Waals surface area contributed by atoms with Gasteiger partial charge >= 0.3 is 0 Å². The van der Waals surface area contributed by atoms with Crippen molar-refractivity contribution < 1.29 is 4.74 Å². The highest BCUT2D eigenvalue weighted by Crippen LogP contribution is 2.31. The highest BCUT2D eigenvalue weighted by atomic mass is 16.5. The first-order chi connectivity index (χ1) is 11.4. The average molecular weight is 327 g/mol. The maximum Gasteiger partial charge on any atom is 0.228 e. The summed E-state index contributed by atoms with van der Waals surface area (Å²) in [4.78, 5) is 17.0. The summed E-state index contributed by atoms with van der Waals surface area (Å²) in [5.41, 5.74) is 3.01. The fourth-order valence-electron chi connectivity index (χ4n) is 1.98. The van der Waals surface area contributed by atoms with Crippen LogP contribution in [0.1, 0.15) is 18.1 Å². The minimum Gasteiger partial charge on any atom is -0.439 e. The number of hydrogen-bond acceptors (Lipinski definition) is 5. The van der Waals surface area contributed by atoms with E-state index in [9.17, 15) is 0 Å². The average Bonchev–Trinajstić information content (AvgIpc) is 2.56. The first kappa shape index (κ1) is 17.7. The molecular formula is C18H25N5O. The molecule has 1 aromatic carbocycles. The summed E-state index contributed by atoms with van der Waals surface area (Å²) in [6.45, 7) is 7.04. The van der Waals surface area contributed by atoms with Crippen molar-refractivity contribution in [3.8, 4) is 11.6 Å². The minimum atomic E-state index is 0.526. The van der Waals surface area contributed by atoms with Gasteiger partial charge in [-0.3, -0.25) is 0 Å². The molecule has 2 rings (SSSR count). The van der Waals surface area contributed by atoms with Gasteiger partial charge in [0.2, 0.25) is 11.8 Å². The van der Waals surface area contributed by atoms with Crippen LogP contribution in [0.25, 0.3) is 0 Å². The molecule has 0 radical (unpaired) electrons. The lowest BCUT2D eigenvalue weighted by atomic mass is 10.1. The molecule has 0 atom stereocenters. The first-order valence-corrected chi connectivity index (χ1v) is 7.94. The Morgan fingerprint density at radius 2 is 1.92 bits per heavy atom. The molecule has 0 N–H and O–H groups in total. The Morgan fingerprint density at radius 3 is 2.58 bits per heavy atom. The fraction of sp³-hybridized carbons (Fsp3) is 0.389. The first-order valence-electron chi connectivity index (χ1n) is 7.94. The van der Waals surface area contributed by atoms with Crippen molar-refractivity contribution in [1.29, 1.82) is 0 Å². The molecule has 0 bridgehead atoms. The van der Waals surface area contributed by atoms with Crippen LogP contribution in [0, 0.1) is 13.8 Å². The molecule has 0 spiro atoms. The van der Waals surface area contributed by atoms with Crippen LogP contribution in [0.2, 0.25) is 0 Å². The van der Waals surface area contributed by atoms with Crippen molar-refractivity contribution in [2.24, 2.45) is 4.99 Å². The molecule has 24 heavy (non-hydrogen) atoms. The number of benzene rings is 1. The normalized spacial score (nSPS) is 10.9. The van der Waals surface area contributed by atoms with Crippen molar-refractivity contribution >= 4 is 18.0 Å². The summed E-state index contributed by atoms with van der Waals surface area (Å²) >= 11 is 0. The number of aryl methyl sites for hydroxylation is 2. The van der Waals surface area contributed by atoms with Crippen molar-refractivity contribution in [2.45, 2.75) is 20.8 Å². The van der Waals surface area contributed by atoms with Gasteiger partial charge in [-0.2, -0.15) is 4.98 Å². The zero-order chi connectivity index (χ0) is 17.7. The number of ether oxygens (including phenoxy) is 1. The van der Waals surface area contributed by atoms with Gasteiger partial charge in [-0.15, -0.1) is 0 Å². The third-order valence-corrected chi connectivity index (χ3v) is 3.62. The SMILES string of the molecule is CCN(C)C=Nc1cc(C)c(Oc2ccnc(N(C)C)n2)cc1C. The van der Waals surface area contributed by atoms with Gasteiger partial charge < -0.3 is 14.5 Å². The molecule has 0 saturated carbocycles. The topological polar surface area (TPSA) is 53.9 Å². The Morgan fingerprint density at radius 1 is 1.17 bits per heavy atom. The zero-order valence-electron chi connectivity index (χ0n) is 15.2. The van der Waals surface area contributed by atoms with Crippen LogP contribution in [0.4, 0.5) is 11.6 Å². The standard InChI is InChI=1S/C18H25N5O/c1-7-23(6)12-20-15-10-14(3)16(11-13(15)2)24-17-8-9-19-18(21-17)22(4)5/h8-12H,7H2,1-6H3. The number of hydrogen-bond donors (Lipinski definition) is 0. The van der Waals surface area contributed by atoms with E-state index in [4.69, 9.17) is 4.74 Å². The number of rotatable bonds is 6. The lowest BCUT2D eigenvalue weighted by molar-refractivity contribution is 0.458. The smallest absolute Gasteiger partial charge is 0.228 e. The Kier molecular flexibility index (Phi) is 5.73. The monoisotopic (exact) mass is 327 g/mol. The molecule has 0 fully saturated rings. The summed E-state index contributed by atoms with van der Waals surface area (Å²) in [7, 11) is 5.80. The molecule has 0 saturated heterocycles. The van der Waals surface area contributed by atoms with Gasteiger partial charge in [0.05, 0.1) is 12.0 Å². The van der Waals surface area contributed by atoms with E-state index < -0.39 is 0 Å². The van der Waals surface area contributed by atoms with Crippen LogP contribution in [0.3, 0.4) is 0 Å². The van der Waals surface area contributed by atoms with E-state index in [-0.39, 0.29) is 0 Å². The molecule has 1 aromatic heterocycles. The molecule has 0 aliphatic heterocycles. The lowest BCUT2D eigenvalue weighted by Gasteiger charge is -2.14. The van der Waals surface area contributed by atoms with Crippen molar-refractivity contribution in [1.82, 2.24) is 14.9 Å². The van der Waals surface area contributed by atoms with Gasteiger partial charge in [0.15, 0.2) is 0 Å². The van der Waals surface area contributed by atoms with Gasteiger partial charge in [0, 0.05) is 40.0 Å². The van der Waals surface area contributed by atoms with Gasteiger partial charge in [-0.05, 0) is 44.0 Å². The van der Waals surface area contributed by atoms with Gasteiger partial charge in [-0.25, -0.2) is 9.98 Å². The van der Waals surface area contributed by atoms with Crippen LogP contribution in [0.15, 0.2) is 29.4 Å². The molecule has 0 aliphatic carbocycles. The fourth-order valence-corrected chi connectivity index (χ4v) is 1.98. The maximum absolute atomic E-state index is 5.94. The number of nitrogens with zero attached hydrogens (tertiary/aromatic N) is 5. The van der Waals surface area contributed by atoms with Crippen LogP contribution in [-0.4, -0.2) is 48.9 Å². The Hall–Kier alpha value is -2.63. The number of anilines is 1. The van der Waals surface area contributed by atoms with Gasteiger partial charge in [-0.1, -0.05) is 0 Å². The second kappa shape index (κ2) is 7.77. The van der Waals surface area contributed by atoms with Gasteiger partial charge in [0.1, 0.15) is 5.75 Å². The Labute approximate surface area is 143 Å². The molecule has 6 heteroatoms. The molecule has 0 aliphatic rings. The van der Waals surface area contributed by atoms with Crippen LogP contribution >= 0.6 is 0 Å². The van der Waals surface area contributed by atoms with Crippen molar-refractivity contribution in [2.75, 3.05) is 32.6 Å². The second-order valence-electron chi connectivity index (χ2n) is 5.91. The summed E-state index contributed by atoms with van der Waals surface area (Å²) in [5.74, 6) is 1.92. The van der Waals surface area contributed by atoms with Gasteiger partial charge in [0.25, 0.3) is 0 Å². The summed E-state index contributed by atoms with van der Waals surface area (Å²) in [6.07, 6.45) is 3.54. The van der Waals surface area contributed by atoms with E-state index >= 15 is 0 Å². The molecule has 0 amide bonds. The Bertz CT molecular complexity index is 727. The lowest BCUT2D eigenvalue weighted by Crippen LogP contribution is -2.14. The van der Waals surface area contributed by atoms with Crippen LogP contribution in [0.5, 0.6) is 11.6 Å². The third-order valence-electron chi connectivity index (χ3n) is 3.62. The second-order valence-corrected chi connectivity index (χ2v) is 5.91. The number of aromatic nitrogens is 2. The molecular weight excluding hydrogens is 302 g/mol. The molecule has 6 nitrogen and oxygen atoms in total. The summed E-state index contributed by atoms with van der Waals surface area (Å²) in [6, 6.07) is 5.77. The third kappa shape index (κ3) is 4.44. The number of aliphatic imine (C=N–C) groups is 1. The van der Waals surface area contributed by atoms with E-state index in [1.54, 1.807) is 12.3 Å². The van der Waals surface area contributed by atoms with Crippen LogP contribution < -0.4 is 9.64 Å². The largest absolute Gasteiger partial charge is 0.439 e. The quantitative estimate of drug-likeness (QED) is 0.600. The zero-order valence-corrected chi connectivity index (χ0v) is 15.2. The van der Waals surface area contributed by atoms with Crippen LogP contribution in [-0.2, 0) is 0 Å². The van der Waals surface area contributed by atoms with E-state index in [1.807, 2.05) is 63.3 Å². The Balaban J connectivity index is 2.24. The summed E-state index contributed by atoms with van der Waals surface area (Å²) in [5, 5.41) is 0. The molecule has 128 valence electrons. The van der Waals surface area contributed by atoms with E-state index in [2.05, 4.69) is 21.9 Å². The van der Waals surface area contributed by atoms with E-state index in [1.165, 1.54) is 0 Å². The van der Waals surface area contributed by atoms with Crippen molar-refractivity contribution in [3.05, 3.63) is 35.5 Å². The predicted molar refractivity (Wildman–Crippen MR) is 98.8 cm³/mol. The molecule has 1 heterocycles.